The predicted octanol–water partition coefficient (Wildman–Crippen LogP) is 0.698. The summed E-state index contributed by atoms with van der Waals surface area (Å²) in [6, 6.07) is 11.9. The van der Waals surface area contributed by atoms with Gasteiger partial charge in [-0.25, -0.2) is 5.48 Å². The molecule has 2 rings (SSSR count). The maximum atomic E-state index is 12.2. The van der Waals surface area contributed by atoms with Crippen LogP contribution in [-0.4, -0.2) is 45.3 Å². The third-order valence-electron chi connectivity index (χ3n) is 3.97. The van der Waals surface area contributed by atoms with Crippen molar-refractivity contribution in [1.29, 1.82) is 0 Å². The highest BCUT2D eigenvalue weighted by atomic mass is 16.5. The third-order valence-corrected chi connectivity index (χ3v) is 3.97. The van der Waals surface area contributed by atoms with Crippen molar-refractivity contribution in [2.24, 2.45) is 0 Å². The number of rotatable bonds is 6. The lowest BCUT2D eigenvalue weighted by Crippen LogP contribution is -2.51. The number of carbonyl (C=O) groups is 3. The van der Waals surface area contributed by atoms with Crippen LogP contribution in [0.15, 0.2) is 48.5 Å². The van der Waals surface area contributed by atoms with Crippen LogP contribution in [0.3, 0.4) is 0 Å². The Labute approximate surface area is 167 Å². The summed E-state index contributed by atoms with van der Waals surface area (Å²) in [7, 11) is 0. The van der Waals surface area contributed by atoms with Gasteiger partial charge in [-0.05, 0) is 48.9 Å². The van der Waals surface area contributed by atoms with Crippen LogP contribution in [0, 0.1) is 11.8 Å². The van der Waals surface area contributed by atoms with E-state index in [1.807, 2.05) is 0 Å². The van der Waals surface area contributed by atoms with Gasteiger partial charge in [0.2, 0.25) is 0 Å². The second-order valence-electron chi connectivity index (χ2n) is 6.26. The van der Waals surface area contributed by atoms with Crippen LogP contribution in [0.4, 0.5) is 0 Å². The van der Waals surface area contributed by atoms with E-state index in [0.717, 1.165) is 5.56 Å². The maximum Gasteiger partial charge on any atom is 0.307 e. The number of aliphatic hydroxyl groups excluding tert-OH is 1. The molecule has 0 radical (unpaired) electrons. The number of aliphatic hydroxyl groups is 1. The van der Waals surface area contributed by atoms with Crippen LogP contribution in [0.2, 0.25) is 0 Å². The average Bonchev–Trinajstić information content (AvgIpc) is 2.70. The first kappa shape index (κ1) is 21.6. The van der Waals surface area contributed by atoms with Gasteiger partial charge in [-0.15, -0.1) is 0 Å². The van der Waals surface area contributed by atoms with Gasteiger partial charge in [0.15, 0.2) is 0 Å². The fourth-order valence-corrected chi connectivity index (χ4v) is 2.43. The Kier molecular flexibility index (Phi) is 7.48. The van der Waals surface area contributed by atoms with Gasteiger partial charge >= 0.3 is 5.97 Å². The highest BCUT2D eigenvalue weighted by molar-refractivity contribution is 5.97. The van der Waals surface area contributed by atoms with Crippen LogP contribution in [0.5, 0.6) is 0 Å². The highest BCUT2D eigenvalue weighted by Gasteiger charge is 2.25. The fraction of sp³-hybridized carbons (Fsp3) is 0.190. The largest absolute Gasteiger partial charge is 0.481 e. The summed E-state index contributed by atoms with van der Waals surface area (Å²) in [4.78, 5) is 34.4. The Hall–Kier alpha value is -3.67. The molecule has 0 spiro atoms. The molecule has 2 aromatic rings. The first-order valence-corrected chi connectivity index (χ1v) is 8.66. The summed E-state index contributed by atoms with van der Waals surface area (Å²) in [5.41, 5.74) is 3.70. The molecule has 8 nitrogen and oxygen atoms in total. The predicted molar refractivity (Wildman–Crippen MR) is 103 cm³/mol. The number of hydrogen-bond acceptors (Lipinski definition) is 5. The number of amides is 2. The maximum absolute atomic E-state index is 12.2. The molecule has 5 N–H and O–H groups in total. The molecule has 0 saturated carbocycles. The quantitative estimate of drug-likeness (QED) is 0.277. The van der Waals surface area contributed by atoms with Crippen molar-refractivity contribution in [3.8, 4) is 11.8 Å². The second kappa shape index (κ2) is 10.0. The standard InChI is InChI=1S/C21H20N2O6/c1-13(24)19(21(28)23-29)22-20(27)17-10-8-15(9-11-17)3-2-14-4-6-16(7-5-14)12-18(25)26/h4-11,13,19,24,29H,12H2,1H3,(H,22,27)(H,23,28)(H,25,26)/t13-,19+/m1/s1. The van der Waals surface area contributed by atoms with Crippen LogP contribution >= 0.6 is 0 Å². The molecule has 0 aliphatic rings. The Morgan fingerprint density at radius 3 is 1.93 bits per heavy atom. The molecule has 0 fully saturated rings. The number of nitrogens with one attached hydrogen (secondary N) is 2. The van der Waals surface area contributed by atoms with Gasteiger partial charge in [0, 0.05) is 16.7 Å². The van der Waals surface area contributed by atoms with E-state index in [4.69, 9.17) is 10.3 Å². The molecule has 0 aliphatic heterocycles. The number of aliphatic carboxylic acids is 1. The minimum atomic E-state index is -1.30. The molecule has 0 heterocycles. The van der Waals surface area contributed by atoms with Gasteiger partial charge in [0.25, 0.3) is 11.8 Å². The Morgan fingerprint density at radius 2 is 1.48 bits per heavy atom. The van der Waals surface area contributed by atoms with Crippen molar-refractivity contribution in [1.82, 2.24) is 10.8 Å². The molecule has 8 heteroatoms. The molecule has 29 heavy (non-hydrogen) atoms. The summed E-state index contributed by atoms with van der Waals surface area (Å²) in [5.74, 6) is 3.47. The lowest BCUT2D eigenvalue weighted by Gasteiger charge is -2.19. The van der Waals surface area contributed by atoms with E-state index in [9.17, 15) is 19.5 Å². The van der Waals surface area contributed by atoms with E-state index in [1.165, 1.54) is 24.5 Å². The van der Waals surface area contributed by atoms with Gasteiger partial charge in [-0.2, -0.15) is 0 Å². The van der Waals surface area contributed by atoms with Crippen LogP contribution in [0.25, 0.3) is 0 Å². The molecule has 2 atom stereocenters. The average molecular weight is 396 g/mol. The minimum absolute atomic E-state index is 0.0485. The number of benzene rings is 2. The molecule has 0 aliphatic carbocycles. The molecule has 0 aromatic heterocycles. The third kappa shape index (κ3) is 6.46. The lowest BCUT2D eigenvalue weighted by molar-refractivity contribution is -0.136. The summed E-state index contributed by atoms with van der Waals surface area (Å²) < 4.78 is 0. The van der Waals surface area contributed by atoms with Crippen molar-refractivity contribution in [3.05, 3.63) is 70.8 Å². The molecule has 0 saturated heterocycles. The number of carboxylic acid groups (broad SMARTS) is 1. The zero-order chi connectivity index (χ0) is 21.4. The van der Waals surface area contributed by atoms with E-state index in [1.54, 1.807) is 36.4 Å². The first-order chi connectivity index (χ1) is 13.8. The first-order valence-electron chi connectivity index (χ1n) is 8.66. The Morgan fingerprint density at radius 1 is 0.966 bits per heavy atom. The van der Waals surface area contributed by atoms with Gasteiger partial charge in [0.1, 0.15) is 6.04 Å². The van der Waals surface area contributed by atoms with Crippen molar-refractivity contribution < 1.29 is 29.8 Å². The molecule has 0 bridgehead atoms. The summed E-state index contributed by atoms with van der Waals surface area (Å²) in [6.07, 6.45) is -1.24. The smallest absolute Gasteiger partial charge is 0.307 e. The van der Waals surface area contributed by atoms with E-state index in [2.05, 4.69) is 17.2 Å². The van der Waals surface area contributed by atoms with Crippen molar-refractivity contribution in [2.75, 3.05) is 0 Å². The number of carboxylic acids is 1. The van der Waals surface area contributed by atoms with E-state index < -0.39 is 29.9 Å². The lowest BCUT2D eigenvalue weighted by atomic mass is 10.1. The van der Waals surface area contributed by atoms with Gasteiger partial charge in [-0.3, -0.25) is 19.6 Å². The highest BCUT2D eigenvalue weighted by Crippen LogP contribution is 2.07. The monoisotopic (exact) mass is 396 g/mol. The zero-order valence-electron chi connectivity index (χ0n) is 15.5. The molecular formula is C21H20N2O6. The Bertz CT molecular complexity index is 940. The molecule has 2 amide bonds. The number of hydrogen-bond donors (Lipinski definition) is 5. The zero-order valence-corrected chi connectivity index (χ0v) is 15.5. The van der Waals surface area contributed by atoms with Crippen LogP contribution in [-0.2, 0) is 16.0 Å². The molecular weight excluding hydrogens is 376 g/mol. The molecule has 2 aromatic carbocycles. The second-order valence-corrected chi connectivity index (χ2v) is 6.26. The SMILES string of the molecule is C[C@@H](O)[C@H](NC(=O)c1ccc(C#Cc2ccc(CC(=O)O)cc2)cc1)C(=O)NO. The summed E-state index contributed by atoms with van der Waals surface area (Å²) in [5, 5.41) is 29.3. The molecule has 0 unspecified atom stereocenters. The van der Waals surface area contributed by atoms with Crippen molar-refractivity contribution >= 4 is 17.8 Å². The fourth-order valence-electron chi connectivity index (χ4n) is 2.43. The summed E-state index contributed by atoms with van der Waals surface area (Å²) >= 11 is 0. The van der Waals surface area contributed by atoms with Gasteiger partial charge < -0.3 is 15.5 Å². The van der Waals surface area contributed by atoms with E-state index in [0.29, 0.717) is 11.1 Å². The van der Waals surface area contributed by atoms with Crippen molar-refractivity contribution in [2.45, 2.75) is 25.5 Å². The van der Waals surface area contributed by atoms with Crippen molar-refractivity contribution in [3.63, 3.8) is 0 Å². The van der Waals surface area contributed by atoms with Crippen LogP contribution < -0.4 is 10.8 Å². The van der Waals surface area contributed by atoms with Crippen LogP contribution in [0.1, 0.15) is 34.0 Å². The minimum Gasteiger partial charge on any atom is -0.481 e. The van der Waals surface area contributed by atoms with Gasteiger partial charge in [0.05, 0.1) is 12.5 Å². The van der Waals surface area contributed by atoms with Gasteiger partial charge in [-0.1, -0.05) is 24.0 Å². The van der Waals surface area contributed by atoms with E-state index >= 15 is 0 Å². The normalized spacial score (nSPS) is 12.1. The molecule has 150 valence electrons. The number of hydroxylamine groups is 1. The topological polar surface area (TPSA) is 136 Å². The number of carbonyl (C=O) groups excluding carboxylic acids is 2. The Balaban J connectivity index is 2.05. The summed E-state index contributed by atoms with van der Waals surface area (Å²) in [6.45, 7) is 1.31. The van der Waals surface area contributed by atoms with E-state index in [-0.39, 0.29) is 12.0 Å².